The molecule has 1 aromatic carbocycles. The summed E-state index contributed by atoms with van der Waals surface area (Å²) >= 11 is 23.6. The normalized spacial score (nSPS) is 12.4. The van der Waals surface area contributed by atoms with Crippen LogP contribution in [0.5, 0.6) is 0 Å². The van der Waals surface area contributed by atoms with Gasteiger partial charge in [0.2, 0.25) is 3.79 Å². The number of nitrogens with zero attached hydrogens (tertiary/aromatic N) is 3. The van der Waals surface area contributed by atoms with Gasteiger partial charge in [0, 0.05) is 11.9 Å². The number of benzene rings is 1. The molecule has 1 atom stereocenters. The van der Waals surface area contributed by atoms with E-state index in [1.165, 1.54) is 4.57 Å². The Morgan fingerprint density at radius 1 is 1.38 bits per heavy atom. The van der Waals surface area contributed by atoms with Crippen molar-refractivity contribution < 1.29 is 19.2 Å². The topological polar surface area (TPSA) is 109 Å². The van der Waals surface area contributed by atoms with Crippen LogP contribution in [0.3, 0.4) is 0 Å². The van der Waals surface area contributed by atoms with Crippen molar-refractivity contribution >= 4 is 58.3 Å². The quantitative estimate of drug-likeness (QED) is 0.257. The molecule has 13 heteroatoms. The Morgan fingerprint density at radius 3 is 2.69 bits per heavy atom. The fourth-order valence-corrected chi connectivity index (χ4v) is 2.81. The van der Waals surface area contributed by atoms with E-state index in [9.17, 15) is 14.9 Å². The average Bonchev–Trinajstić information content (AvgIpc) is 3.00. The molecule has 0 bridgehead atoms. The second kappa shape index (κ2) is 10.3. The Balaban J connectivity index is 1.91. The molecule has 0 unspecified atom stereocenters. The summed E-state index contributed by atoms with van der Waals surface area (Å²) in [6.07, 6.45) is -1.14. The Labute approximate surface area is 185 Å². The number of amides is 1. The number of aryl methyl sites for hydroxylation is 1. The van der Waals surface area contributed by atoms with Crippen molar-refractivity contribution in [2.75, 3.05) is 6.61 Å². The van der Waals surface area contributed by atoms with E-state index in [0.717, 1.165) is 6.20 Å². The first-order valence-electron chi connectivity index (χ1n) is 8.11. The Hall–Kier alpha value is -1.78. The van der Waals surface area contributed by atoms with Crippen molar-refractivity contribution in [3.05, 3.63) is 57.0 Å². The highest BCUT2D eigenvalue weighted by Crippen LogP contribution is 2.32. The highest BCUT2D eigenvalue weighted by Gasteiger charge is 2.35. The summed E-state index contributed by atoms with van der Waals surface area (Å²) < 4.78 is 9.79. The van der Waals surface area contributed by atoms with E-state index in [2.05, 4.69) is 10.3 Å². The van der Waals surface area contributed by atoms with Gasteiger partial charge in [-0.05, 0) is 16.6 Å². The summed E-state index contributed by atoms with van der Waals surface area (Å²) in [5.41, 5.74) is 0.631. The van der Waals surface area contributed by atoms with E-state index in [-0.39, 0.29) is 25.6 Å². The lowest BCUT2D eigenvalue weighted by molar-refractivity contribution is -0.392. The average molecular weight is 486 g/mol. The predicted octanol–water partition coefficient (Wildman–Crippen LogP) is 4.39. The van der Waals surface area contributed by atoms with Gasteiger partial charge >= 0.3 is 11.9 Å². The molecular weight excluding hydrogens is 470 g/mol. The van der Waals surface area contributed by atoms with Crippen LogP contribution >= 0.6 is 46.4 Å². The number of hydrogen-bond acceptors (Lipinski definition) is 6. The van der Waals surface area contributed by atoms with Crippen LogP contribution in [0, 0.1) is 17.0 Å². The number of imidazole rings is 1. The van der Waals surface area contributed by atoms with Crippen molar-refractivity contribution in [3.63, 3.8) is 0 Å². The fourth-order valence-electron chi connectivity index (χ4n) is 2.26. The van der Waals surface area contributed by atoms with E-state index >= 15 is 0 Å². The van der Waals surface area contributed by atoms with Crippen molar-refractivity contribution in [3.8, 4) is 0 Å². The van der Waals surface area contributed by atoms with Crippen molar-refractivity contribution in [1.29, 1.82) is 0 Å². The number of hydrogen-bond donors (Lipinski definition) is 1. The number of carbonyl (C=O) groups excluding carboxylic acids is 1. The zero-order valence-corrected chi connectivity index (χ0v) is 18.0. The number of rotatable bonds is 8. The zero-order chi connectivity index (χ0) is 21.6. The summed E-state index contributed by atoms with van der Waals surface area (Å²) in [6, 6.07) is 6.90. The van der Waals surface area contributed by atoms with Crippen molar-refractivity contribution in [2.24, 2.45) is 0 Å². The number of nitro groups is 1. The largest absolute Gasteiger partial charge is 0.445 e. The van der Waals surface area contributed by atoms with Gasteiger partial charge in [0.1, 0.15) is 19.3 Å². The van der Waals surface area contributed by atoms with Gasteiger partial charge in [-0.1, -0.05) is 64.6 Å². The first-order valence-corrected chi connectivity index (χ1v) is 9.62. The molecule has 29 heavy (non-hydrogen) atoms. The zero-order valence-electron chi connectivity index (χ0n) is 15.0. The van der Waals surface area contributed by atoms with Crippen LogP contribution in [0.4, 0.5) is 10.6 Å². The molecule has 0 radical (unpaired) electrons. The maximum atomic E-state index is 12.0. The highest BCUT2D eigenvalue weighted by atomic mass is 35.6. The molecule has 2 rings (SSSR count). The molecule has 1 aromatic heterocycles. The Bertz CT molecular complexity index is 871. The van der Waals surface area contributed by atoms with Crippen LogP contribution in [-0.2, 0) is 22.6 Å². The van der Waals surface area contributed by atoms with Crippen LogP contribution < -0.4 is 5.32 Å². The minimum Gasteiger partial charge on any atom is -0.445 e. The third-order valence-corrected chi connectivity index (χ3v) is 4.64. The summed E-state index contributed by atoms with van der Waals surface area (Å²) in [6.45, 7) is 1.41. The van der Waals surface area contributed by atoms with E-state index in [4.69, 9.17) is 55.9 Å². The fraction of sp³-hybridized carbons (Fsp3) is 0.375. The van der Waals surface area contributed by atoms with E-state index in [0.29, 0.717) is 16.4 Å². The molecule has 1 N–H and O–H groups in total. The van der Waals surface area contributed by atoms with Crippen LogP contribution in [0.25, 0.3) is 0 Å². The van der Waals surface area contributed by atoms with Gasteiger partial charge in [0.05, 0.1) is 6.61 Å². The molecule has 0 fully saturated rings. The number of ether oxygens (including phenoxy) is 2. The van der Waals surface area contributed by atoms with Crippen LogP contribution in [0.1, 0.15) is 11.4 Å². The minimum atomic E-state index is -1.99. The van der Waals surface area contributed by atoms with Gasteiger partial charge in [-0.3, -0.25) is 5.32 Å². The molecule has 1 heterocycles. The highest BCUT2D eigenvalue weighted by molar-refractivity contribution is 6.68. The van der Waals surface area contributed by atoms with Gasteiger partial charge < -0.3 is 19.6 Å². The number of halogens is 4. The summed E-state index contributed by atoms with van der Waals surface area (Å²) in [4.78, 5) is 26.3. The first kappa shape index (κ1) is 23.5. The molecule has 0 aliphatic rings. The molecular formula is C16H16Cl4N4O5. The Morgan fingerprint density at radius 2 is 2.07 bits per heavy atom. The minimum absolute atomic E-state index is 0.0223. The smallest absolute Gasteiger partial charge is 0.409 e. The summed E-state index contributed by atoms with van der Waals surface area (Å²) in [5.74, 6) is 0.191. The van der Waals surface area contributed by atoms with Gasteiger partial charge in [0.15, 0.2) is 12.1 Å². The van der Waals surface area contributed by atoms with E-state index in [1.54, 1.807) is 31.2 Å². The van der Waals surface area contributed by atoms with Crippen LogP contribution in [0.15, 0.2) is 30.5 Å². The van der Waals surface area contributed by atoms with Gasteiger partial charge in [0.25, 0.3) is 0 Å². The maximum absolute atomic E-state index is 12.0. The predicted molar refractivity (Wildman–Crippen MR) is 108 cm³/mol. The van der Waals surface area contributed by atoms with Gasteiger partial charge in [-0.2, -0.15) is 0 Å². The lowest BCUT2D eigenvalue weighted by Crippen LogP contribution is -2.46. The van der Waals surface area contributed by atoms with Crippen molar-refractivity contribution in [1.82, 2.24) is 14.9 Å². The Kier molecular flexibility index (Phi) is 8.35. The molecule has 0 aliphatic carbocycles. The van der Waals surface area contributed by atoms with E-state index in [1.807, 2.05) is 0 Å². The second-order valence-corrected chi connectivity index (χ2v) is 8.45. The number of aromatic nitrogens is 2. The monoisotopic (exact) mass is 484 g/mol. The molecule has 9 nitrogen and oxygen atoms in total. The number of alkyl halides is 3. The lowest BCUT2D eigenvalue weighted by atomic mass is 10.2. The van der Waals surface area contributed by atoms with Gasteiger partial charge in [-0.15, -0.1) is 0 Å². The number of nitrogens with one attached hydrogen (secondary N) is 1. The third-order valence-electron chi connectivity index (χ3n) is 3.68. The molecule has 2 aromatic rings. The molecule has 0 saturated heterocycles. The molecule has 0 spiro atoms. The molecule has 158 valence electrons. The number of carbonyl (C=O) groups is 1. The summed E-state index contributed by atoms with van der Waals surface area (Å²) in [5, 5.41) is 13.7. The SMILES string of the molecule is Cc1ncc([N+](=O)[O-])n1CCOC(=O)N[C@H](OCc1ccccc1Cl)C(Cl)(Cl)Cl. The van der Waals surface area contributed by atoms with Crippen LogP contribution in [0.2, 0.25) is 5.02 Å². The molecule has 0 aliphatic heterocycles. The van der Waals surface area contributed by atoms with Crippen molar-refractivity contribution in [2.45, 2.75) is 30.1 Å². The van der Waals surface area contributed by atoms with E-state index < -0.39 is 21.0 Å². The second-order valence-electron chi connectivity index (χ2n) is 5.68. The standard InChI is InChI=1S/C16H16Cl4N4O5/c1-10-21-8-13(24(26)27)23(10)6-7-28-15(25)22-14(16(18,19)20)29-9-11-4-2-3-5-12(11)17/h2-5,8,14H,6-7,9H2,1H3,(H,22,25)/t14-/m1/s1. The van der Waals surface area contributed by atoms with Gasteiger partial charge in [-0.25, -0.2) is 14.3 Å². The maximum Gasteiger partial charge on any atom is 0.409 e. The third kappa shape index (κ3) is 6.90. The number of alkyl carbamates (subject to hydrolysis) is 1. The molecule has 0 saturated carbocycles. The summed E-state index contributed by atoms with van der Waals surface area (Å²) in [7, 11) is 0. The molecule has 1 amide bonds. The van der Waals surface area contributed by atoms with Crippen LogP contribution in [-0.4, -0.2) is 37.2 Å². The lowest BCUT2D eigenvalue weighted by Gasteiger charge is -2.25. The first-order chi connectivity index (χ1) is 13.6.